The van der Waals surface area contributed by atoms with Crippen molar-refractivity contribution in [3.63, 3.8) is 0 Å². The first-order valence-electron chi connectivity index (χ1n) is 7.31. The molecule has 0 radical (unpaired) electrons. The van der Waals surface area contributed by atoms with Gasteiger partial charge in [-0.1, -0.05) is 18.2 Å². The van der Waals surface area contributed by atoms with Gasteiger partial charge in [-0.2, -0.15) is 4.98 Å². The zero-order chi connectivity index (χ0) is 16.2. The van der Waals surface area contributed by atoms with Gasteiger partial charge >= 0.3 is 0 Å². The maximum atomic E-state index is 5.97. The fourth-order valence-corrected chi connectivity index (χ4v) is 2.16. The van der Waals surface area contributed by atoms with Crippen molar-refractivity contribution in [3.05, 3.63) is 54.3 Å². The number of hydrogen-bond acceptors (Lipinski definition) is 6. The number of nitrogens with zero attached hydrogens (tertiary/aromatic N) is 3. The first-order valence-corrected chi connectivity index (χ1v) is 7.31. The highest BCUT2D eigenvalue weighted by Gasteiger charge is 2.10. The Morgan fingerprint density at radius 2 is 1.96 bits per heavy atom. The van der Waals surface area contributed by atoms with E-state index in [1.54, 1.807) is 6.26 Å². The first kappa shape index (κ1) is 14.9. The molecular formula is C17H19N5O. The molecule has 2 heterocycles. The third-order valence-corrected chi connectivity index (χ3v) is 3.40. The lowest BCUT2D eigenvalue weighted by Crippen LogP contribution is -2.14. The van der Waals surface area contributed by atoms with Gasteiger partial charge in [0.1, 0.15) is 11.5 Å². The molecule has 0 amide bonds. The van der Waals surface area contributed by atoms with Gasteiger partial charge in [-0.05, 0) is 23.8 Å². The third kappa shape index (κ3) is 3.42. The summed E-state index contributed by atoms with van der Waals surface area (Å²) >= 11 is 0. The van der Waals surface area contributed by atoms with Crippen molar-refractivity contribution in [2.24, 2.45) is 0 Å². The number of nitrogens with one attached hydrogen (secondary N) is 1. The van der Waals surface area contributed by atoms with Gasteiger partial charge in [-0.15, -0.1) is 0 Å². The quantitative estimate of drug-likeness (QED) is 0.705. The van der Waals surface area contributed by atoms with Crippen molar-refractivity contribution < 1.29 is 4.42 Å². The predicted octanol–water partition coefficient (Wildman–Crippen LogP) is 3.00. The highest BCUT2D eigenvalue weighted by molar-refractivity contribution is 5.60. The van der Waals surface area contributed by atoms with Crippen LogP contribution in [0.5, 0.6) is 0 Å². The Kier molecular flexibility index (Phi) is 4.14. The standard InChI is InChI=1S/C17H19N5O/c1-22(2)17-20-14(15-8-5-9-23-15)10-16(21-17)19-11-12-6-3-4-7-13(12)18/h3-10H,11,18H2,1-2H3,(H,19,20,21). The van der Waals surface area contributed by atoms with E-state index in [2.05, 4.69) is 15.3 Å². The summed E-state index contributed by atoms with van der Waals surface area (Å²) in [7, 11) is 3.81. The Labute approximate surface area is 135 Å². The van der Waals surface area contributed by atoms with E-state index in [0.29, 0.717) is 18.3 Å². The molecule has 0 saturated heterocycles. The van der Waals surface area contributed by atoms with E-state index in [4.69, 9.17) is 10.2 Å². The molecule has 118 valence electrons. The minimum Gasteiger partial charge on any atom is -0.463 e. The molecule has 0 fully saturated rings. The molecule has 23 heavy (non-hydrogen) atoms. The molecule has 0 aliphatic heterocycles. The summed E-state index contributed by atoms with van der Waals surface area (Å²) in [6.07, 6.45) is 1.63. The van der Waals surface area contributed by atoms with Gasteiger partial charge in [-0.3, -0.25) is 0 Å². The predicted molar refractivity (Wildman–Crippen MR) is 92.2 cm³/mol. The topological polar surface area (TPSA) is 80.2 Å². The molecule has 6 nitrogen and oxygen atoms in total. The van der Waals surface area contributed by atoms with Crippen LogP contribution in [0.15, 0.2) is 53.1 Å². The molecule has 3 N–H and O–H groups in total. The number of hydrogen-bond donors (Lipinski definition) is 2. The molecule has 3 aromatic rings. The summed E-state index contributed by atoms with van der Waals surface area (Å²) in [4.78, 5) is 10.9. The Bertz CT molecular complexity index is 783. The molecule has 0 spiro atoms. The summed E-state index contributed by atoms with van der Waals surface area (Å²) in [5.41, 5.74) is 8.49. The number of benzene rings is 1. The summed E-state index contributed by atoms with van der Waals surface area (Å²) in [5.74, 6) is 2.04. The highest BCUT2D eigenvalue weighted by atomic mass is 16.3. The van der Waals surface area contributed by atoms with Crippen LogP contribution in [-0.4, -0.2) is 24.1 Å². The van der Waals surface area contributed by atoms with E-state index >= 15 is 0 Å². The molecule has 0 unspecified atom stereocenters. The number of rotatable bonds is 5. The lowest BCUT2D eigenvalue weighted by Gasteiger charge is -2.14. The van der Waals surface area contributed by atoms with Crippen molar-refractivity contribution in [1.82, 2.24) is 9.97 Å². The Morgan fingerprint density at radius 1 is 1.13 bits per heavy atom. The lowest BCUT2D eigenvalue weighted by molar-refractivity contribution is 0.580. The van der Waals surface area contributed by atoms with Gasteiger partial charge in [0.15, 0.2) is 5.76 Å². The fourth-order valence-electron chi connectivity index (χ4n) is 2.16. The van der Waals surface area contributed by atoms with Crippen LogP contribution in [0.25, 0.3) is 11.5 Å². The maximum Gasteiger partial charge on any atom is 0.227 e. The molecule has 0 bridgehead atoms. The van der Waals surface area contributed by atoms with E-state index in [1.165, 1.54) is 0 Å². The van der Waals surface area contributed by atoms with Crippen LogP contribution in [0.4, 0.5) is 17.5 Å². The second-order valence-electron chi connectivity index (χ2n) is 5.36. The number of aromatic nitrogens is 2. The molecule has 0 atom stereocenters. The normalized spacial score (nSPS) is 10.5. The molecule has 0 aliphatic carbocycles. The van der Waals surface area contributed by atoms with Gasteiger partial charge in [-0.25, -0.2) is 4.98 Å². The van der Waals surface area contributed by atoms with Gasteiger partial charge < -0.3 is 20.4 Å². The van der Waals surface area contributed by atoms with Gasteiger partial charge in [0.25, 0.3) is 0 Å². The van der Waals surface area contributed by atoms with Crippen LogP contribution in [0.3, 0.4) is 0 Å². The van der Waals surface area contributed by atoms with Crippen LogP contribution in [0.1, 0.15) is 5.56 Å². The summed E-state index contributed by atoms with van der Waals surface area (Å²) in [5, 5.41) is 3.30. The minimum absolute atomic E-state index is 0.591. The van der Waals surface area contributed by atoms with Crippen molar-refractivity contribution in [2.45, 2.75) is 6.54 Å². The number of anilines is 3. The molecule has 3 rings (SSSR count). The van der Waals surface area contributed by atoms with Crippen LogP contribution >= 0.6 is 0 Å². The van der Waals surface area contributed by atoms with E-state index in [0.717, 1.165) is 22.8 Å². The Hall–Kier alpha value is -3.02. The van der Waals surface area contributed by atoms with Crippen LogP contribution in [0.2, 0.25) is 0 Å². The van der Waals surface area contributed by atoms with Gasteiger partial charge in [0, 0.05) is 32.4 Å². The zero-order valence-corrected chi connectivity index (χ0v) is 13.2. The van der Waals surface area contributed by atoms with E-state index < -0.39 is 0 Å². The van der Waals surface area contributed by atoms with Crippen molar-refractivity contribution in [2.75, 3.05) is 30.0 Å². The second-order valence-corrected chi connectivity index (χ2v) is 5.36. The second kappa shape index (κ2) is 6.39. The summed E-state index contributed by atoms with van der Waals surface area (Å²) in [6.45, 7) is 0.591. The third-order valence-electron chi connectivity index (χ3n) is 3.40. The average Bonchev–Trinajstić information content (AvgIpc) is 3.08. The molecule has 2 aromatic heterocycles. The molecule has 1 aromatic carbocycles. The Balaban J connectivity index is 1.88. The molecule has 0 aliphatic rings. The van der Waals surface area contributed by atoms with Gasteiger partial charge in [0.2, 0.25) is 5.95 Å². The van der Waals surface area contributed by atoms with Crippen molar-refractivity contribution >= 4 is 17.5 Å². The van der Waals surface area contributed by atoms with Crippen molar-refractivity contribution in [3.8, 4) is 11.5 Å². The molecule has 0 saturated carbocycles. The largest absolute Gasteiger partial charge is 0.463 e. The number of nitrogens with two attached hydrogens (primary N) is 1. The van der Waals surface area contributed by atoms with E-state index in [-0.39, 0.29) is 0 Å². The molecule has 6 heteroatoms. The summed E-state index contributed by atoms with van der Waals surface area (Å²) < 4.78 is 5.43. The average molecular weight is 309 g/mol. The lowest BCUT2D eigenvalue weighted by atomic mass is 10.2. The summed E-state index contributed by atoms with van der Waals surface area (Å²) in [6, 6.07) is 13.3. The van der Waals surface area contributed by atoms with Crippen LogP contribution in [0, 0.1) is 0 Å². The fraction of sp³-hybridized carbons (Fsp3) is 0.176. The zero-order valence-electron chi connectivity index (χ0n) is 13.2. The smallest absolute Gasteiger partial charge is 0.227 e. The minimum atomic E-state index is 0.591. The monoisotopic (exact) mass is 309 g/mol. The van der Waals surface area contributed by atoms with Crippen LogP contribution in [-0.2, 0) is 6.54 Å². The number of furan rings is 1. The maximum absolute atomic E-state index is 5.97. The van der Waals surface area contributed by atoms with Crippen molar-refractivity contribution in [1.29, 1.82) is 0 Å². The Morgan fingerprint density at radius 3 is 2.65 bits per heavy atom. The van der Waals surface area contributed by atoms with Gasteiger partial charge in [0.05, 0.1) is 6.26 Å². The number of para-hydroxylation sites is 1. The SMILES string of the molecule is CN(C)c1nc(NCc2ccccc2N)cc(-c2ccco2)n1. The van der Waals surface area contributed by atoms with Crippen LogP contribution < -0.4 is 16.0 Å². The number of nitrogen functional groups attached to an aromatic ring is 1. The highest BCUT2D eigenvalue weighted by Crippen LogP contribution is 2.23. The van der Waals surface area contributed by atoms with E-state index in [9.17, 15) is 0 Å². The van der Waals surface area contributed by atoms with E-state index in [1.807, 2.05) is 61.5 Å². The first-order chi connectivity index (χ1) is 11.1. The molecular weight excluding hydrogens is 290 g/mol.